The monoisotopic (exact) mass is 291 g/mol. The summed E-state index contributed by atoms with van der Waals surface area (Å²) in [5, 5.41) is 11.0. The van der Waals surface area contributed by atoms with E-state index in [1.807, 2.05) is 0 Å². The fraction of sp³-hybridized carbons (Fsp3) is 0.333. The lowest BCUT2D eigenvalue weighted by molar-refractivity contribution is -0.117. The third-order valence-corrected chi connectivity index (χ3v) is 2.20. The lowest BCUT2D eigenvalue weighted by atomic mass is 10.2. The number of amides is 1. The van der Waals surface area contributed by atoms with E-state index in [1.54, 1.807) is 0 Å². The Kier molecular flexibility index (Phi) is 5.98. The van der Waals surface area contributed by atoms with E-state index in [9.17, 15) is 22.8 Å². The van der Waals surface area contributed by atoms with E-state index in [4.69, 9.17) is 5.11 Å². The molecule has 0 aromatic heterocycles. The van der Waals surface area contributed by atoms with Gasteiger partial charge in [0.05, 0.1) is 18.6 Å². The van der Waals surface area contributed by atoms with Crippen molar-refractivity contribution in [1.82, 2.24) is 0 Å². The zero-order chi connectivity index (χ0) is 15.1. The number of carboxylic acids is 1. The van der Waals surface area contributed by atoms with Crippen LogP contribution in [0.2, 0.25) is 0 Å². The number of carboxylic acid groups (broad SMARTS) is 1. The highest BCUT2D eigenvalue weighted by molar-refractivity contribution is 5.94. The molecule has 5 nitrogen and oxygen atoms in total. The van der Waals surface area contributed by atoms with Crippen LogP contribution in [0.25, 0.3) is 0 Å². The van der Waals surface area contributed by atoms with Gasteiger partial charge in [-0.05, 0) is 18.2 Å². The van der Waals surface area contributed by atoms with Crippen molar-refractivity contribution in [1.29, 1.82) is 0 Å². The smallest absolute Gasteiger partial charge is 0.338 e. The molecule has 0 fully saturated rings. The summed E-state index contributed by atoms with van der Waals surface area (Å²) in [6, 6.07) is 3.07. The third-order valence-electron chi connectivity index (χ3n) is 2.20. The number of nitrogens with one attached hydrogen (secondary N) is 1. The number of alkyl halides is 2. The van der Waals surface area contributed by atoms with Crippen LogP contribution in [0, 0.1) is 5.82 Å². The van der Waals surface area contributed by atoms with Crippen LogP contribution in [0.3, 0.4) is 0 Å². The van der Waals surface area contributed by atoms with Crippen molar-refractivity contribution in [2.24, 2.45) is 0 Å². The predicted octanol–water partition coefficient (Wildman–Crippen LogP) is 2.13. The maximum atomic E-state index is 13.1. The average Bonchev–Trinajstić information content (AvgIpc) is 2.36. The molecule has 0 radical (unpaired) electrons. The second-order valence-electron chi connectivity index (χ2n) is 3.76. The second-order valence-corrected chi connectivity index (χ2v) is 3.76. The second kappa shape index (κ2) is 7.49. The first-order chi connectivity index (χ1) is 9.40. The summed E-state index contributed by atoms with van der Waals surface area (Å²) in [4.78, 5) is 22.1. The number of halogens is 3. The highest BCUT2D eigenvalue weighted by Crippen LogP contribution is 2.15. The molecule has 0 aliphatic rings. The number of benzene rings is 1. The lowest BCUT2D eigenvalue weighted by Gasteiger charge is -2.07. The van der Waals surface area contributed by atoms with Gasteiger partial charge in [0.15, 0.2) is 0 Å². The minimum atomic E-state index is -2.60. The first-order valence-corrected chi connectivity index (χ1v) is 5.58. The summed E-state index contributed by atoms with van der Waals surface area (Å²) in [6.45, 7) is -0.948. The fourth-order valence-corrected chi connectivity index (χ4v) is 1.33. The number of aromatic carboxylic acids is 1. The molecule has 1 rings (SSSR count). The maximum Gasteiger partial charge on any atom is 0.338 e. The molecule has 0 spiro atoms. The number of hydrogen-bond acceptors (Lipinski definition) is 3. The third kappa shape index (κ3) is 5.27. The molecule has 1 aromatic rings. The first-order valence-electron chi connectivity index (χ1n) is 5.58. The van der Waals surface area contributed by atoms with Crippen LogP contribution < -0.4 is 5.32 Å². The fourth-order valence-electron chi connectivity index (χ4n) is 1.33. The van der Waals surface area contributed by atoms with E-state index >= 15 is 0 Å². The van der Waals surface area contributed by atoms with Crippen molar-refractivity contribution >= 4 is 17.6 Å². The number of anilines is 1. The molecule has 0 atom stereocenters. The summed E-state index contributed by atoms with van der Waals surface area (Å²) in [5.74, 6) is -2.93. The van der Waals surface area contributed by atoms with Gasteiger partial charge in [0.2, 0.25) is 5.91 Å². The van der Waals surface area contributed by atoms with Gasteiger partial charge in [-0.3, -0.25) is 4.79 Å². The van der Waals surface area contributed by atoms with Crippen molar-refractivity contribution < 1.29 is 32.6 Å². The van der Waals surface area contributed by atoms with Crippen molar-refractivity contribution in [2.75, 3.05) is 18.5 Å². The minimum Gasteiger partial charge on any atom is -0.478 e. The van der Waals surface area contributed by atoms with E-state index in [-0.39, 0.29) is 18.7 Å². The number of carbonyl (C=O) groups excluding carboxylic acids is 1. The Morgan fingerprint density at radius 3 is 2.65 bits per heavy atom. The van der Waals surface area contributed by atoms with Crippen molar-refractivity contribution in [3.8, 4) is 0 Å². The summed E-state index contributed by atoms with van der Waals surface area (Å²) >= 11 is 0. The molecule has 0 heterocycles. The largest absolute Gasteiger partial charge is 0.478 e. The zero-order valence-electron chi connectivity index (χ0n) is 10.2. The van der Waals surface area contributed by atoms with Crippen LogP contribution in [0.5, 0.6) is 0 Å². The molecule has 0 bridgehead atoms. The van der Waals surface area contributed by atoms with Gasteiger partial charge in [0.25, 0.3) is 6.43 Å². The highest BCUT2D eigenvalue weighted by Gasteiger charge is 2.12. The number of hydrogen-bond donors (Lipinski definition) is 2. The first kappa shape index (κ1) is 16.0. The molecule has 20 heavy (non-hydrogen) atoms. The summed E-state index contributed by atoms with van der Waals surface area (Å²) < 4.78 is 41.1. The van der Waals surface area contributed by atoms with Crippen LogP contribution >= 0.6 is 0 Å². The SMILES string of the molecule is O=C(CCOCC(F)F)Nc1ccc(F)c(C(=O)O)c1. The number of carbonyl (C=O) groups is 2. The Labute approximate surface area is 112 Å². The van der Waals surface area contributed by atoms with Gasteiger partial charge in [0.1, 0.15) is 12.4 Å². The Bertz CT molecular complexity index is 494. The van der Waals surface area contributed by atoms with E-state index < -0.39 is 36.3 Å². The Morgan fingerprint density at radius 1 is 1.35 bits per heavy atom. The van der Waals surface area contributed by atoms with Gasteiger partial charge in [-0.1, -0.05) is 0 Å². The molecular weight excluding hydrogens is 279 g/mol. The van der Waals surface area contributed by atoms with Gasteiger partial charge >= 0.3 is 5.97 Å². The zero-order valence-corrected chi connectivity index (χ0v) is 10.2. The van der Waals surface area contributed by atoms with Gasteiger partial charge in [-0.15, -0.1) is 0 Å². The molecule has 8 heteroatoms. The highest BCUT2D eigenvalue weighted by atomic mass is 19.3. The lowest BCUT2D eigenvalue weighted by Crippen LogP contribution is -2.16. The summed E-state index contributed by atoms with van der Waals surface area (Å²) in [5.41, 5.74) is -0.473. The summed E-state index contributed by atoms with van der Waals surface area (Å²) in [7, 11) is 0. The molecule has 110 valence electrons. The quantitative estimate of drug-likeness (QED) is 0.755. The molecule has 0 saturated carbocycles. The molecular formula is C12H12F3NO4. The van der Waals surface area contributed by atoms with Crippen LogP contribution in [0.1, 0.15) is 16.8 Å². The molecule has 0 saturated heterocycles. The van der Waals surface area contributed by atoms with Gasteiger partial charge in [-0.25, -0.2) is 18.0 Å². The standard InChI is InChI=1S/C12H12F3NO4/c13-9-2-1-7(5-8(9)12(18)19)16-11(17)3-4-20-6-10(14)15/h1-2,5,10H,3-4,6H2,(H,16,17)(H,18,19). The van der Waals surface area contributed by atoms with E-state index in [1.165, 1.54) is 6.07 Å². The molecule has 1 aromatic carbocycles. The van der Waals surface area contributed by atoms with Crippen LogP contribution in [-0.2, 0) is 9.53 Å². The average molecular weight is 291 g/mol. The van der Waals surface area contributed by atoms with Crippen molar-refractivity contribution in [2.45, 2.75) is 12.8 Å². The van der Waals surface area contributed by atoms with Gasteiger partial charge in [-0.2, -0.15) is 0 Å². The van der Waals surface area contributed by atoms with E-state index in [0.717, 1.165) is 12.1 Å². The van der Waals surface area contributed by atoms with E-state index in [0.29, 0.717) is 0 Å². The van der Waals surface area contributed by atoms with Gasteiger partial charge < -0.3 is 15.2 Å². The molecule has 0 aliphatic heterocycles. The van der Waals surface area contributed by atoms with Gasteiger partial charge in [0, 0.05) is 5.69 Å². The predicted molar refractivity (Wildman–Crippen MR) is 63.4 cm³/mol. The van der Waals surface area contributed by atoms with Crippen molar-refractivity contribution in [3.63, 3.8) is 0 Å². The number of rotatable bonds is 7. The molecule has 0 aliphatic carbocycles. The Balaban J connectivity index is 2.50. The van der Waals surface area contributed by atoms with Crippen molar-refractivity contribution in [3.05, 3.63) is 29.6 Å². The minimum absolute atomic E-state index is 0.0997. The normalized spacial score (nSPS) is 10.6. The molecule has 0 unspecified atom stereocenters. The van der Waals surface area contributed by atoms with E-state index in [2.05, 4.69) is 10.1 Å². The molecule has 2 N–H and O–H groups in total. The Morgan fingerprint density at radius 2 is 2.05 bits per heavy atom. The topological polar surface area (TPSA) is 75.6 Å². The van der Waals surface area contributed by atoms with Crippen LogP contribution in [0.15, 0.2) is 18.2 Å². The van der Waals surface area contributed by atoms with Crippen LogP contribution in [0.4, 0.5) is 18.9 Å². The maximum absolute atomic E-state index is 13.1. The Hall–Kier alpha value is -2.09. The summed E-state index contributed by atoms with van der Waals surface area (Å²) in [6.07, 6.45) is -2.78. The number of ether oxygens (including phenoxy) is 1. The molecule has 1 amide bonds. The van der Waals surface area contributed by atoms with Crippen LogP contribution in [-0.4, -0.2) is 36.6 Å².